The normalized spacial score (nSPS) is 12.9. The zero-order valence-corrected chi connectivity index (χ0v) is 11.5. The first-order valence-corrected chi connectivity index (χ1v) is 6.32. The van der Waals surface area contributed by atoms with Crippen LogP contribution in [0.25, 0.3) is 0 Å². The van der Waals surface area contributed by atoms with Gasteiger partial charge in [0.1, 0.15) is 0 Å². The maximum atomic E-state index is 4.48. The predicted octanol–water partition coefficient (Wildman–Crippen LogP) is 1.45. The highest BCUT2D eigenvalue weighted by Gasteiger charge is 2.15. The van der Waals surface area contributed by atoms with E-state index in [1.807, 2.05) is 31.9 Å². The summed E-state index contributed by atoms with van der Waals surface area (Å²) in [5.74, 6) is 0. The maximum absolute atomic E-state index is 4.48. The number of hydrogen-bond donors (Lipinski definition) is 1. The molecule has 0 saturated carbocycles. The number of nitrogens with one attached hydrogen (secondary N) is 1. The Hall–Kier alpha value is -1.62. The Morgan fingerprint density at radius 2 is 2.22 bits per heavy atom. The molecule has 5 nitrogen and oxygen atoms in total. The monoisotopic (exact) mass is 247 g/mol. The summed E-state index contributed by atoms with van der Waals surface area (Å²) in [4.78, 5) is 4.42. The summed E-state index contributed by atoms with van der Waals surface area (Å²) >= 11 is 0. The second kappa shape index (κ2) is 5.35. The van der Waals surface area contributed by atoms with Gasteiger partial charge in [0.05, 0.1) is 23.8 Å². The number of aryl methyl sites for hydroxylation is 3. The molecule has 0 aliphatic heterocycles. The molecule has 0 fully saturated rings. The molecule has 0 saturated heterocycles. The van der Waals surface area contributed by atoms with Crippen LogP contribution in [0.1, 0.15) is 30.0 Å². The van der Waals surface area contributed by atoms with Crippen molar-refractivity contribution in [1.82, 2.24) is 24.6 Å². The Labute approximate surface area is 108 Å². The summed E-state index contributed by atoms with van der Waals surface area (Å²) < 4.78 is 4.03. The molecule has 2 aromatic heterocycles. The smallest absolute Gasteiger partial charge is 0.0947 e. The third kappa shape index (κ3) is 2.61. The van der Waals surface area contributed by atoms with Gasteiger partial charge in [-0.2, -0.15) is 5.10 Å². The van der Waals surface area contributed by atoms with E-state index < -0.39 is 0 Å². The van der Waals surface area contributed by atoms with E-state index in [2.05, 4.69) is 39.3 Å². The van der Waals surface area contributed by atoms with Gasteiger partial charge in [-0.05, 0) is 27.0 Å². The number of hydrogen-bond acceptors (Lipinski definition) is 3. The van der Waals surface area contributed by atoms with Crippen molar-refractivity contribution in [3.05, 3.63) is 35.7 Å². The average molecular weight is 247 g/mol. The molecule has 1 atom stereocenters. The lowest BCUT2D eigenvalue weighted by atomic mass is 10.1. The Kier molecular flexibility index (Phi) is 3.81. The maximum Gasteiger partial charge on any atom is 0.0947 e. The molecule has 18 heavy (non-hydrogen) atoms. The fourth-order valence-corrected chi connectivity index (χ4v) is 2.21. The first kappa shape index (κ1) is 12.8. The van der Waals surface area contributed by atoms with Crippen molar-refractivity contribution in [1.29, 1.82) is 0 Å². The molecule has 0 aliphatic rings. The summed E-state index contributed by atoms with van der Waals surface area (Å²) in [6, 6.07) is 2.38. The second-order valence-corrected chi connectivity index (χ2v) is 4.60. The van der Waals surface area contributed by atoms with Gasteiger partial charge in [0, 0.05) is 31.9 Å². The van der Waals surface area contributed by atoms with Crippen LogP contribution in [0.15, 0.2) is 18.6 Å². The summed E-state index contributed by atoms with van der Waals surface area (Å²) in [6.45, 7) is 5.05. The van der Waals surface area contributed by atoms with Crippen molar-refractivity contribution < 1.29 is 0 Å². The molecule has 0 radical (unpaired) electrons. The lowest BCUT2D eigenvalue weighted by Crippen LogP contribution is -2.21. The van der Waals surface area contributed by atoms with Crippen molar-refractivity contribution in [2.24, 2.45) is 7.05 Å². The van der Waals surface area contributed by atoms with Gasteiger partial charge in [0.2, 0.25) is 0 Å². The highest BCUT2D eigenvalue weighted by molar-refractivity contribution is 5.14. The lowest BCUT2D eigenvalue weighted by molar-refractivity contribution is 0.533. The van der Waals surface area contributed by atoms with Gasteiger partial charge in [-0.25, -0.2) is 4.98 Å². The van der Waals surface area contributed by atoms with Gasteiger partial charge in [-0.15, -0.1) is 0 Å². The molecule has 2 heterocycles. The molecule has 2 rings (SSSR count). The van der Waals surface area contributed by atoms with Crippen LogP contribution in [0.2, 0.25) is 0 Å². The number of rotatable bonds is 5. The van der Waals surface area contributed by atoms with E-state index in [1.165, 1.54) is 5.69 Å². The van der Waals surface area contributed by atoms with Crippen molar-refractivity contribution in [3.8, 4) is 0 Å². The quantitative estimate of drug-likeness (QED) is 0.870. The summed E-state index contributed by atoms with van der Waals surface area (Å²) in [7, 11) is 3.96. The van der Waals surface area contributed by atoms with E-state index in [4.69, 9.17) is 0 Å². The predicted molar refractivity (Wildman–Crippen MR) is 71.4 cm³/mol. The van der Waals surface area contributed by atoms with E-state index >= 15 is 0 Å². The number of aromatic nitrogens is 4. The van der Waals surface area contributed by atoms with E-state index in [0.717, 1.165) is 24.4 Å². The van der Waals surface area contributed by atoms with Gasteiger partial charge in [0.15, 0.2) is 0 Å². The topological polar surface area (TPSA) is 47.7 Å². The van der Waals surface area contributed by atoms with E-state index in [9.17, 15) is 0 Å². The van der Waals surface area contributed by atoms with Crippen LogP contribution >= 0.6 is 0 Å². The number of nitrogens with zero attached hydrogens (tertiary/aromatic N) is 4. The molecule has 1 N–H and O–H groups in total. The second-order valence-electron chi connectivity index (χ2n) is 4.60. The van der Waals surface area contributed by atoms with Crippen LogP contribution in [0, 0.1) is 6.92 Å². The van der Waals surface area contributed by atoms with Crippen LogP contribution in [0.4, 0.5) is 0 Å². The van der Waals surface area contributed by atoms with Gasteiger partial charge in [-0.1, -0.05) is 0 Å². The van der Waals surface area contributed by atoms with Gasteiger partial charge >= 0.3 is 0 Å². The summed E-state index contributed by atoms with van der Waals surface area (Å²) in [6.07, 6.45) is 4.80. The highest BCUT2D eigenvalue weighted by atomic mass is 15.3. The van der Waals surface area contributed by atoms with E-state index in [1.54, 1.807) is 0 Å². The lowest BCUT2D eigenvalue weighted by Gasteiger charge is -2.14. The molecule has 0 bridgehead atoms. The molecule has 1 unspecified atom stereocenters. The van der Waals surface area contributed by atoms with Crippen LogP contribution in [-0.2, 0) is 20.0 Å². The molecular formula is C13H21N5. The van der Waals surface area contributed by atoms with E-state index in [-0.39, 0.29) is 6.04 Å². The molecule has 0 spiro atoms. The third-order valence-corrected chi connectivity index (χ3v) is 3.13. The largest absolute Gasteiger partial charge is 0.340 e. The first-order chi connectivity index (χ1) is 8.63. The Morgan fingerprint density at radius 1 is 1.44 bits per heavy atom. The molecule has 5 heteroatoms. The van der Waals surface area contributed by atoms with Crippen LogP contribution in [0.5, 0.6) is 0 Å². The van der Waals surface area contributed by atoms with Crippen molar-refractivity contribution in [2.45, 2.75) is 32.9 Å². The van der Waals surface area contributed by atoms with Gasteiger partial charge < -0.3 is 9.88 Å². The Morgan fingerprint density at radius 3 is 2.78 bits per heavy atom. The van der Waals surface area contributed by atoms with Gasteiger partial charge in [0.25, 0.3) is 0 Å². The molecule has 0 aromatic carbocycles. The number of imidazole rings is 1. The Balaban J connectivity index is 2.19. The zero-order chi connectivity index (χ0) is 13.1. The van der Waals surface area contributed by atoms with Crippen molar-refractivity contribution in [3.63, 3.8) is 0 Å². The summed E-state index contributed by atoms with van der Waals surface area (Å²) in [5.41, 5.74) is 3.39. The van der Waals surface area contributed by atoms with Crippen molar-refractivity contribution >= 4 is 0 Å². The molecule has 0 amide bonds. The average Bonchev–Trinajstić information content (AvgIpc) is 2.92. The first-order valence-electron chi connectivity index (χ1n) is 6.32. The molecular weight excluding hydrogens is 226 g/mol. The SMILES string of the molecule is CCn1nc(C)cc1CC(NC)c1cn(C)cn1. The van der Waals surface area contributed by atoms with Crippen LogP contribution in [0.3, 0.4) is 0 Å². The number of likely N-dealkylation sites (N-methyl/N-ethyl adjacent to an activating group) is 1. The minimum atomic E-state index is 0.229. The standard InChI is InChI=1S/C13H21N5/c1-5-18-11(6-10(2)16-18)7-12(14-3)13-8-17(4)9-15-13/h6,8-9,12,14H,5,7H2,1-4H3. The summed E-state index contributed by atoms with van der Waals surface area (Å²) in [5, 5.41) is 7.80. The highest BCUT2D eigenvalue weighted by Crippen LogP contribution is 2.17. The molecule has 2 aromatic rings. The Bertz CT molecular complexity index is 511. The van der Waals surface area contributed by atoms with Crippen LogP contribution in [-0.4, -0.2) is 26.4 Å². The third-order valence-electron chi connectivity index (χ3n) is 3.13. The van der Waals surface area contributed by atoms with Gasteiger partial charge in [-0.3, -0.25) is 4.68 Å². The van der Waals surface area contributed by atoms with E-state index in [0.29, 0.717) is 0 Å². The molecule has 98 valence electrons. The fourth-order valence-electron chi connectivity index (χ4n) is 2.21. The fraction of sp³-hybridized carbons (Fsp3) is 0.538. The van der Waals surface area contributed by atoms with Crippen molar-refractivity contribution in [2.75, 3.05) is 7.05 Å². The minimum Gasteiger partial charge on any atom is -0.340 e. The molecule has 0 aliphatic carbocycles. The zero-order valence-electron chi connectivity index (χ0n) is 11.5. The minimum absolute atomic E-state index is 0.229. The van der Waals surface area contributed by atoms with Crippen LogP contribution < -0.4 is 5.32 Å².